The fraction of sp³-hybridized carbons (Fsp3) is 0.150. The molecule has 0 aliphatic heterocycles. The molecule has 1 aromatic heterocycles. The highest BCUT2D eigenvalue weighted by atomic mass is 79.9. The van der Waals surface area contributed by atoms with Crippen molar-refractivity contribution >= 4 is 51.3 Å². The van der Waals surface area contributed by atoms with E-state index in [1.807, 2.05) is 48.7 Å². The second-order valence-corrected chi connectivity index (χ2v) is 7.37. The summed E-state index contributed by atoms with van der Waals surface area (Å²) >= 11 is 15.8. The van der Waals surface area contributed by atoms with Gasteiger partial charge in [0.15, 0.2) is 0 Å². The molecule has 3 aromatic rings. The highest BCUT2D eigenvalue weighted by Crippen LogP contribution is 2.30. The molecule has 3 rings (SSSR count). The molecule has 3 nitrogen and oxygen atoms in total. The van der Waals surface area contributed by atoms with Crippen LogP contribution in [0.4, 0.5) is 0 Å². The third kappa shape index (κ3) is 4.14. The standard InChI is InChI=1S/C20H17BrCl2N2O/c1-3-25-12-18(16-7-6-15(22)11-17(16)23)24-20(25)9-4-13-10-14(21)5-8-19(13)26-2/h4-12H,3H2,1-2H3. The Bertz CT molecular complexity index is 966. The van der Waals surface area contributed by atoms with Crippen molar-refractivity contribution in [2.75, 3.05) is 7.11 Å². The Morgan fingerprint density at radius 1 is 1.15 bits per heavy atom. The predicted molar refractivity (Wildman–Crippen MR) is 113 cm³/mol. The van der Waals surface area contributed by atoms with Gasteiger partial charge in [0.1, 0.15) is 11.6 Å². The zero-order valence-electron chi connectivity index (χ0n) is 14.3. The topological polar surface area (TPSA) is 27.1 Å². The lowest BCUT2D eigenvalue weighted by molar-refractivity contribution is 0.414. The number of rotatable bonds is 5. The molecule has 2 aromatic carbocycles. The second kappa shape index (κ2) is 8.30. The summed E-state index contributed by atoms with van der Waals surface area (Å²) < 4.78 is 8.48. The third-order valence-electron chi connectivity index (χ3n) is 3.96. The van der Waals surface area contributed by atoms with Crippen LogP contribution in [0.3, 0.4) is 0 Å². The Balaban J connectivity index is 1.98. The lowest BCUT2D eigenvalue weighted by Gasteiger charge is -2.05. The number of aromatic nitrogens is 2. The average Bonchev–Trinajstić information content (AvgIpc) is 3.03. The maximum absolute atomic E-state index is 6.33. The molecule has 0 aliphatic rings. The molecule has 0 bridgehead atoms. The number of nitrogens with zero attached hydrogens (tertiary/aromatic N) is 2. The predicted octanol–water partition coefficient (Wildman–Crippen LogP) is 6.82. The molecule has 0 radical (unpaired) electrons. The molecule has 1 heterocycles. The molecule has 0 atom stereocenters. The molecule has 0 unspecified atom stereocenters. The van der Waals surface area contributed by atoms with E-state index in [1.54, 1.807) is 13.2 Å². The molecule has 0 amide bonds. The first-order chi connectivity index (χ1) is 12.5. The van der Waals surface area contributed by atoms with Crippen LogP contribution in [0, 0.1) is 0 Å². The molecular weight excluding hydrogens is 435 g/mol. The van der Waals surface area contributed by atoms with Gasteiger partial charge in [-0.3, -0.25) is 0 Å². The van der Waals surface area contributed by atoms with Crippen molar-refractivity contribution in [3.63, 3.8) is 0 Å². The summed E-state index contributed by atoms with van der Waals surface area (Å²) in [6.45, 7) is 2.87. The Kier molecular flexibility index (Phi) is 6.07. The van der Waals surface area contributed by atoms with Crippen molar-refractivity contribution in [2.24, 2.45) is 0 Å². The lowest BCUT2D eigenvalue weighted by Crippen LogP contribution is -1.95. The van der Waals surface area contributed by atoms with E-state index < -0.39 is 0 Å². The molecule has 26 heavy (non-hydrogen) atoms. The van der Waals surface area contributed by atoms with Crippen molar-refractivity contribution in [2.45, 2.75) is 13.5 Å². The number of imidazole rings is 1. The van der Waals surface area contributed by atoms with Gasteiger partial charge in [-0.05, 0) is 55.5 Å². The largest absolute Gasteiger partial charge is 0.496 e. The highest BCUT2D eigenvalue weighted by Gasteiger charge is 2.11. The first-order valence-corrected chi connectivity index (χ1v) is 9.61. The lowest BCUT2D eigenvalue weighted by atomic mass is 10.2. The Morgan fingerprint density at radius 2 is 1.96 bits per heavy atom. The first-order valence-electron chi connectivity index (χ1n) is 8.06. The van der Waals surface area contributed by atoms with Gasteiger partial charge in [-0.15, -0.1) is 0 Å². The summed E-state index contributed by atoms with van der Waals surface area (Å²) in [5.41, 5.74) is 2.64. The van der Waals surface area contributed by atoms with Crippen LogP contribution in [0.25, 0.3) is 23.4 Å². The van der Waals surface area contributed by atoms with Gasteiger partial charge in [-0.25, -0.2) is 4.98 Å². The summed E-state index contributed by atoms with van der Waals surface area (Å²) in [7, 11) is 1.66. The second-order valence-electron chi connectivity index (χ2n) is 5.61. The van der Waals surface area contributed by atoms with E-state index in [-0.39, 0.29) is 0 Å². The number of aryl methyl sites for hydroxylation is 1. The number of methoxy groups -OCH3 is 1. The van der Waals surface area contributed by atoms with Gasteiger partial charge in [-0.2, -0.15) is 0 Å². The number of halogens is 3. The summed E-state index contributed by atoms with van der Waals surface area (Å²) in [6.07, 6.45) is 5.96. The van der Waals surface area contributed by atoms with E-state index in [0.717, 1.165) is 39.4 Å². The summed E-state index contributed by atoms with van der Waals surface area (Å²) in [5, 5.41) is 1.19. The van der Waals surface area contributed by atoms with Crippen LogP contribution in [-0.2, 0) is 6.54 Å². The zero-order valence-corrected chi connectivity index (χ0v) is 17.4. The van der Waals surface area contributed by atoms with Gasteiger partial charge in [0.2, 0.25) is 0 Å². The quantitative estimate of drug-likeness (QED) is 0.425. The van der Waals surface area contributed by atoms with Crippen molar-refractivity contribution in [1.82, 2.24) is 9.55 Å². The van der Waals surface area contributed by atoms with E-state index in [4.69, 9.17) is 32.9 Å². The van der Waals surface area contributed by atoms with E-state index in [1.165, 1.54) is 0 Å². The summed E-state index contributed by atoms with van der Waals surface area (Å²) in [5.74, 6) is 1.65. The van der Waals surface area contributed by atoms with E-state index >= 15 is 0 Å². The Morgan fingerprint density at radius 3 is 2.65 bits per heavy atom. The van der Waals surface area contributed by atoms with Crippen LogP contribution in [-0.4, -0.2) is 16.7 Å². The third-order valence-corrected chi connectivity index (χ3v) is 5.00. The molecule has 0 fully saturated rings. The molecule has 134 valence electrons. The van der Waals surface area contributed by atoms with Gasteiger partial charge < -0.3 is 9.30 Å². The molecule has 0 aliphatic carbocycles. The normalized spacial score (nSPS) is 11.3. The van der Waals surface area contributed by atoms with Gasteiger partial charge in [0.25, 0.3) is 0 Å². The van der Waals surface area contributed by atoms with Crippen LogP contribution in [0.5, 0.6) is 5.75 Å². The van der Waals surface area contributed by atoms with Crippen molar-refractivity contribution < 1.29 is 4.74 Å². The van der Waals surface area contributed by atoms with Gasteiger partial charge in [0, 0.05) is 33.4 Å². The minimum Gasteiger partial charge on any atom is -0.496 e. The maximum Gasteiger partial charge on any atom is 0.133 e. The summed E-state index contributed by atoms with van der Waals surface area (Å²) in [4.78, 5) is 4.73. The van der Waals surface area contributed by atoms with Crippen LogP contribution < -0.4 is 4.74 Å². The Hall–Kier alpha value is -1.75. The van der Waals surface area contributed by atoms with Crippen molar-refractivity contribution in [3.05, 3.63) is 68.5 Å². The SMILES string of the molecule is CCn1cc(-c2ccc(Cl)cc2Cl)nc1C=Cc1cc(Br)ccc1OC. The average molecular weight is 452 g/mol. The first kappa shape index (κ1) is 19.0. The molecule has 0 saturated carbocycles. The van der Waals surface area contributed by atoms with E-state index in [9.17, 15) is 0 Å². The summed E-state index contributed by atoms with van der Waals surface area (Å²) in [6, 6.07) is 11.3. The molecule has 0 N–H and O–H groups in total. The smallest absolute Gasteiger partial charge is 0.133 e. The van der Waals surface area contributed by atoms with Gasteiger partial charge in [-0.1, -0.05) is 39.1 Å². The Labute approximate surface area is 171 Å². The number of benzene rings is 2. The van der Waals surface area contributed by atoms with Crippen molar-refractivity contribution in [3.8, 4) is 17.0 Å². The molecule has 6 heteroatoms. The zero-order chi connectivity index (χ0) is 18.7. The molecular formula is C20H17BrCl2N2O. The monoisotopic (exact) mass is 450 g/mol. The number of hydrogen-bond acceptors (Lipinski definition) is 2. The number of hydrogen-bond donors (Lipinski definition) is 0. The number of ether oxygens (including phenoxy) is 1. The van der Waals surface area contributed by atoms with E-state index in [0.29, 0.717) is 10.0 Å². The van der Waals surface area contributed by atoms with Crippen molar-refractivity contribution in [1.29, 1.82) is 0 Å². The fourth-order valence-corrected chi connectivity index (χ4v) is 3.53. The van der Waals surface area contributed by atoms with Crippen LogP contribution in [0.2, 0.25) is 10.0 Å². The fourth-order valence-electron chi connectivity index (χ4n) is 2.64. The van der Waals surface area contributed by atoms with Gasteiger partial charge >= 0.3 is 0 Å². The van der Waals surface area contributed by atoms with Crippen LogP contribution >= 0.6 is 39.1 Å². The van der Waals surface area contributed by atoms with E-state index in [2.05, 4.69) is 27.4 Å². The van der Waals surface area contributed by atoms with Crippen LogP contribution in [0.1, 0.15) is 18.3 Å². The minimum atomic E-state index is 0.586. The molecule has 0 saturated heterocycles. The highest BCUT2D eigenvalue weighted by molar-refractivity contribution is 9.10. The van der Waals surface area contributed by atoms with Gasteiger partial charge in [0.05, 0.1) is 17.8 Å². The van der Waals surface area contributed by atoms with Crippen LogP contribution in [0.15, 0.2) is 47.1 Å². The maximum atomic E-state index is 6.33. The molecule has 0 spiro atoms. The minimum absolute atomic E-state index is 0.586.